The van der Waals surface area contributed by atoms with E-state index in [0.717, 1.165) is 57.3 Å². The van der Waals surface area contributed by atoms with Gasteiger partial charge in [0.1, 0.15) is 17.2 Å². The molecule has 2 aromatic heterocycles. The summed E-state index contributed by atoms with van der Waals surface area (Å²) >= 11 is 0. The Hall–Kier alpha value is -2.00. The first-order valence-electron chi connectivity index (χ1n) is 11.1. The second-order valence-corrected chi connectivity index (χ2v) is 8.90. The minimum absolute atomic E-state index is 0.0686. The van der Waals surface area contributed by atoms with Gasteiger partial charge in [-0.3, -0.25) is 4.90 Å². The predicted octanol–water partition coefficient (Wildman–Crippen LogP) is 4.69. The summed E-state index contributed by atoms with van der Waals surface area (Å²) in [4.78, 5) is 11.0. The van der Waals surface area contributed by atoms with Gasteiger partial charge in [0.05, 0.1) is 13.2 Å². The number of aromatic nitrogens is 4. The van der Waals surface area contributed by atoms with Gasteiger partial charge in [0.2, 0.25) is 0 Å². The molecular weight excluding hydrogens is 407 g/mol. The Kier molecular flexibility index (Phi) is 6.35. The first-order valence-corrected chi connectivity index (χ1v) is 11.1. The van der Waals surface area contributed by atoms with Crippen molar-refractivity contribution in [2.45, 2.75) is 76.7 Å². The van der Waals surface area contributed by atoms with E-state index >= 15 is 0 Å². The van der Waals surface area contributed by atoms with Crippen LogP contribution < -0.4 is 0 Å². The fourth-order valence-corrected chi connectivity index (χ4v) is 4.77. The summed E-state index contributed by atoms with van der Waals surface area (Å²) in [5.41, 5.74) is -0.765. The summed E-state index contributed by atoms with van der Waals surface area (Å²) in [6.07, 6.45) is -0.339. The van der Waals surface area contributed by atoms with E-state index < -0.39 is 11.9 Å². The fraction of sp³-hybridized carbons (Fsp3) is 0.682. The van der Waals surface area contributed by atoms with Crippen LogP contribution in [-0.2, 0) is 10.9 Å². The average molecular weight is 438 g/mol. The molecule has 3 heterocycles. The van der Waals surface area contributed by atoms with Crippen molar-refractivity contribution in [3.05, 3.63) is 29.7 Å². The molecule has 1 saturated carbocycles. The predicted molar refractivity (Wildman–Crippen MR) is 111 cm³/mol. The van der Waals surface area contributed by atoms with E-state index in [-0.39, 0.29) is 23.5 Å². The molecule has 0 unspecified atom stereocenters. The quantitative estimate of drug-likeness (QED) is 0.695. The molecule has 1 atom stereocenters. The van der Waals surface area contributed by atoms with Gasteiger partial charge in [0.25, 0.3) is 0 Å². The summed E-state index contributed by atoms with van der Waals surface area (Å²) in [6.45, 7) is 8.80. The number of hydrogen-bond donors (Lipinski definition) is 0. The van der Waals surface area contributed by atoms with Crippen LogP contribution in [0.25, 0.3) is 11.5 Å². The summed E-state index contributed by atoms with van der Waals surface area (Å²) in [6, 6.07) is 4.92. The number of alkyl halides is 3. The maximum Gasteiger partial charge on any atom is 0.433 e. The third-order valence-electron chi connectivity index (χ3n) is 6.37. The van der Waals surface area contributed by atoms with Crippen LogP contribution in [-0.4, -0.2) is 56.5 Å². The van der Waals surface area contributed by atoms with E-state index in [9.17, 15) is 13.2 Å². The molecule has 1 aliphatic heterocycles. The van der Waals surface area contributed by atoms with Crippen LogP contribution in [0.3, 0.4) is 0 Å². The van der Waals surface area contributed by atoms with Gasteiger partial charge in [-0.05, 0) is 58.6 Å². The molecule has 0 N–H and O–H groups in total. The minimum atomic E-state index is -4.49. The highest BCUT2D eigenvalue weighted by molar-refractivity contribution is 5.49. The number of nitrogens with zero attached hydrogens (tertiary/aromatic N) is 5. The standard InChI is InChI=1S/C22H30F3N5O/c1-14(2)30-21(16-7-9-17(10-8-16)29-11-12-31-13-15(29)3)27-20(28-30)18-5-4-6-19(26-18)22(23,24)25/h4-6,14-17H,7-13H2,1-3H3/t15-,16?,17?/m1/s1. The summed E-state index contributed by atoms with van der Waals surface area (Å²) in [7, 11) is 0. The van der Waals surface area contributed by atoms with Gasteiger partial charge in [-0.15, -0.1) is 5.10 Å². The summed E-state index contributed by atoms with van der Waals surface area (Å²) in [5.74, 6) is 1.37. The van der Waals surface area contributed by atoms with Gasteiger partial charge in [-0.25, -0.2) is 14.6 Å². The smallest absolute Gasteiger partial charge is 0.379 e. The molecule has 31 heavy (non-hydrogen) atoms. The molecule has 2 aliphatic rings. The monoisotopic (exact) mass is 437 g/mol. The summed E-state index contributed by atoms with van der Waals surface area (Å²) in [5, 5.41) is 4.55. The van der Waals surface area contributed by atoms with Gasteiger partial charge in [-0.2, -0.15) is 13.2 Å². The lowest BCUT2D eigenvalue weighted by Gasteiger charge is -2.42. The maximum absolute atomic E-state index is 13.1. The molecule has 0 amide bonds. The minimum Gasteiger partial charge on any atom is -0.379 e. The van der Waals surface area contributed by atoms with E-state index in [1.165, 1.54) is 12.1 Å². The van der Waals surface area contributed by atoms with Crippen LogP contribution in [0.1, 0.15) is 69.9 Å². The van der Waals surface area contributed by atoms with Gasteiger partial charge in [0, 0.05) is 30.6 Å². The lowest BCUT2D eigenvalue weighted by Crippen LogP contribution is -2.50. The maximum atomic E-state index is 13.1. The van der Waals surface area contributed by atoms with Gasteiger partial charge >= 0.3 is 6.18 Å². The van der Waals surface area contributed by atoms with Crippen molar-refractivity contribution in [1.29, 1.82) is 0 Å². The van der Waals surface area contributed by atoms with E-state index in [2.05, 4.69) is 26.9 Å². The highest BCUT2D eigenvalue weighted by Crippen LogP contribution is 2.37. The first kappa shape index (κ1) is 22.2. The van der Waals surface area contributed by atoms with Gasteiger partial charge < -0.3 is 4.74 Å². The van der Waals surface area contributed by atoms with Crippen molar-refractivity contribution in [2.75, 3.05) is 19.8 Å². The zero-order chi connectivity index (χ0) is 22.2. The summed E-state index contributed by atoms with van der Waals surface area (Å²) < 4.78 is 46.7. The molecule has 9 heteroatoms. The number of morpholine rings is 1. The number of hydrogen-bond acceptors (Lipinski definition) is 5. The molecule has 2 fully saturated rings. The molecule has 4 rings (SSSR count). The van der Waals surface area contributed by atoms with E-state index in [1.807, 2.05) is 18.5 Å². The number of pyridine rings is 1. The SMILES string of the molecule is CC(C)n1nc(-c2cccc(C(F)(F)F)n2)nc1C1CCC(N2CCOC[C@H]2C)CC1. The zero-order valence-electron chi connectivity index (χ0n) is 18.3. The largest absolute Gasteiger partial charge is 0.433 e. The Morgan fingerprint density at radius 3 is 2.48 bits per heavy atom. The molecular formula is C22H30F3N5O. The van der Waals surface area contributed by atoms with Crippen molar-refractivity contribution in [3.63, 3.8) is 0 Å². The van der Waals surface area contributed by atoms with Crippen molar-refractivity contribution < 1.29 is 17.9 Å². The highest BCUT2D eigenvalue weighted by Gasteiger charge is 2.34. The lowest BCUT2D eigenvalue weighted by molar-refractivity contribution is -0.141. The Balaban J connectivity index is 1.54. The van der Waals surface area contributed by atoms with E-state index in [0.29, 0.717) is 12.1 Å². The number of halogens is 3. The molecule has 0 bridgehead atoms. The van der Waals surface area contributed by atoms with Crippen molar-refractivity contribution >= 4 is 0 Å². The third kappa shape index (κ3) is 4.77. The lowest BCUT2D eigenvalue weighted by atomic mass is 9.84. The van der Waals surface area contributed by atoms with Crippen LogP contribution in [0, 0.1) is 0 Å². The van der Waals surface area contributed by atoms with Crippen molar-refractivity contribution in [2.24, 2.45) is 0 Å². The van der Waals surface area contributed by atoms with Crippen molar-refractivity contribution in [3.8, 4) is 11.5 Å². The molecule has 2 aromatic rings. The Bertz CT molecular complexity index is 890. The van der Waals surface area contributed by atoms with Crippen LogP contribution in [0.4, 0.5) is 13.2 Å². The molecule has 0 spiro atoms. The number of ether oxygens (including phenoxy) is 1. The Morgan fingerprint density at radius 2 is 1.84 bits per heavy atom. The second kappa shape index (κ2) is 8.86. The second-order valence-electron chi connectivity index (χ2n) is 8.90. The van der Waals surface area contributed by atoms with Crippen LogP contribution in [0.2, 0.25) is 0 Å². The molecule has 1 aliphatic carbocycles. The topological polar surface area (TPSA) is 56.1 Å². The average Bonchev–Trinajstić information content (AvgIpc) is 3.20. The Morgan fingerprint density at radius 1 is 1.10 bits per heavy atom. The number of rotatable bonds is 4. The van der Waals surface area contributed by atoms with Crippen LogP contribution in [0.15, 0.2) is 18.2 Å². The fourth-order valence-electron chi connectivity index (χ4n) is 4.77. The third-order valence-corrected chi connectivity index (χ3v) is 6.37. The van der Waals surface area contributed by atoms with Gasteiger partial charge in [-0.1, -0.05) is 6.07 Å². The molecule has 6 nitrogen and oxygen atoms in total. The van der Waals surface area contributed by atoms with E-state index in [4.69, 9.17) is 4.74 Å². The van der Waals surface area contributed by atoms with Crippen LogP contribution in [0.5, 0.6) is 0 Å². The molecule has 0 radical (unpaired) electrons. The molecule has 170 valence electrons. The first-order chi connectivity index (χ1) is 14.7. The zero-order valence-corrected chi connectivity index (χ0v) is 18.3. The van der Waals surface area contributed by atoms with Crippen LogP contribution >= 0.6 is 0 Å². The van der Waals surface area contributed by atoms with Crippen molar-refractivity contribution in [1.82, 2.24) is 24.6 Å². The molecule has 1 saturated heterocycles. The normalized spacial score (nSPS) is 25.8. The Labute approximate surface area is 180 Å². The van der Waals surface area contributed by atoms with E-state index in [1.54, 1.807) is 0 Å². The highest BCUT2D eigenvalue weighted by atomic mass is 19.4. The van der Waals surface area contributed by atoms with Gasteiger partial charge in [0.15, 0.2) is 5.82 Å². The molecule has 0 aromatic carbocycles.